The Kier molecular flexibility index (Phi) is 4.60. The van der Waals surface area contributed by atoms with Crippen LogP contribution in [0.5, 0.6) is 0 Å². The van der Waals surface area contributed by atoms with E-state index in [2.05, 4.69) is 13.2 Å². The minimum absolute atomic E-state index is 0.114. The first-order valence-electron chi connectivity index (χ1n) is 5.00. The zero-order valence-corrected chi connectivity index (χ0v) is 10.2. The summed E-state index contributed by atoms with van der Waals surface area (Å²) in [6, 6.07) is 5.28. The van der Waals surface area contributed by atoms with E-state index in [9.17, 15) is 12.8 Å². The molecule has 0 fully saturated rings. The molecule has 0 aliphatic rings. The molecule has 92 valence electrons. The quantitative estimate of drug-likeness (QED) is 0.731. The maximum atomic E-state index is 13.5. The summed E-state index contributed by atoms with van der Waals surface area (Å²) in [4.78, 5) is -0.330. The Hall–Kier alpha value is -1.46. The number of rotatable bonds is 6. The summed E-state index contributed by atoms with van der Waals surface area (Å²) in [5, 5.41) is 0. The van der Waals surface area contributed by atoms with Gasteiger partial charge in [0.1, 0.15) is 10.7 Å². The van der Waals surface area contributed by atoms with Gasteiger partial charge in [-0.2, -0.15) is 4.31 Å². The van der Waals surface area contributed by atoms with Crippen LogP contribution in [0.2, 0.25) is 0 Å². The molecule has 17 heavy (non-hydrogen) atoms. The highest BCUT2D eigenvalue weighted by Gasteiger charge is 2.25. The molecule has 0 unspecified atom stereocenters. The van der Waals surface area contributed by atoms with Gasteiger partial charge in [0.2, 0.25) is 10.0 Å². The van der Waals surface area contributed by atoms with E-state index >= 15 is 0 Å². The first-order chi connectivity index (χ1) is 8.04. The Morgan fingerprint density at radius 3 is 2.18 bits per heavy atom. The zero-order chi connectivity index (χ0) is 12.9. The van der Waals surface area contributed by atoms with Gasteiger partial charge in [-0.25, -0.2) is 12.8 Å². The van der Waals surface area contributed by atoms with Crippen LogP contribution in [0.1, 0.15) is 0 Å². The summed E-state index contributed by atoms with van der Waals surface area (Å²) < 4.78 is 38.8. The molecular formula is C12H14FNO2S. The van der Waals surface area contributed by atoms with Crippen molar-refractivity contribution in [3.8, 4) is 0 Å². The molecule has 1 rings (SSSR count). The Bertz CT molecular complexity index is 501. The highest BCUT2D eigenvalue weighted by Crippen LogP contribution is 2.18. The second kappa shape index (κ2) is 5.75. The smallest absolute Gasteiger partial charge is 0.207 e. The first kappa shape index (κ1) is 13.6. The lowest BCUT2D eigenvalue weighted by Gasteiger charge is -2.19. The largest absolute Gasteiger partial charge is 0.246 e. The number of halogens is 1. The lowest BCUT2D eigenvalue weighted by molar-refractivity contribution is 0.467. The van der Waals surface area contributed by atoms with Gasteiger partial charge in [0.05, 0.1) is 0 Å². The lowest BCUT2D eigenvalue weighted by atomic mass is 10.4. The van der Waals surface area contributed by atoms with Gasteiger partial charge in [-0.1, -0.05) is 24.3 Å². The fourth-order valence-electron chi connectivity index (χ4n) is 1.35. The predicted octanol–water partition coefficient (Wildman–Crippen LogP) is 2.19. The predicted molar refractivity (Wildman–Crippen MR) is 65.6 cm³/mol. The van der Waals surface area contributed by atoms with Crippen LogP contribution >= 0.6 is 0 Å². The third-order valence-electron chi connectivity index (χ3n) is 2.12. The molecule has 0 amide bonds. The molecule has 0 spiro atoms. The van der Waals surface area contributed by atoms with Gasteiger partial charge in [-0.15, -0.1) is 13.2 Å². The van der Waals surface area contributed by atoms with Crippen molar-refractivity contribution < 1.29 is 12.8 Å². The summed E-state index contributed by atoms with van der Waals surface area (Å²) in [6.07, 6.45) is 2.89. The summed E-state index contributed by atoms with van der Waals surface area (Å²) in [7, 11) is -3.84. The molecule has 5 heteroatoms. The van der Waals surface area contributed by atoms with Crippen LogP contribution in [0.25, 0.3) is 0 Å². The van der Waals surface area contributed by atoms with Crippen LogP contribution in [-0.4, -0.2) is 25.8 Å². The molecule has 1 aromatic rings. The topological polar surface area (TPSA) is 37.4 Å². The van der Waals surface area contributed by atoms with Crippen LogP contribution in [0.3, 0.4) is 0 Å². The third-order valence-corrected chi connectivity index (χ3v) is 3.98. The Morgan fingerprint density at radius 1 is 1.18 bits per heavy atom. The average molecular weight is 255 g/mol. The van der Waals surface area contributed by atoms with Crippen molar-refractivity contribution in [1.29, 1.82) is 0 Å². The molecule has 0 atom stereocenters. The normalized spacial score (nSPS) is 11.4. The summed E-state index contributed by atoms with van der Waals surface area (Å²) >= 11 is 0. The number of benzene rings is 1. The Balaban J connectivity index is 3.20. The van der Waals surface area contributed by atoms with Crippen molar-refractivity contribution in [1.82, 2.24) is 4.31 Å². The number of hydrogen-bond acceptors (Lipinski definition) is 2. The van der Waals surface area contributed by atoms with Gasteiger partial charge in [-0.05, 0) is 12.1 Å². The van der Waals surface area contributed by atoms with Gasteiger partial charge in [0.25, 0.3) is 0 Å². The fraction of sp³-hybridized carbons (Fsp3) is 0.167. The first-order valence-corrected chi connectivity index (χ1v) is 6.44. The van der Waals surface area contributed by atoms with Crippen LogP contribution in [0.15, 0.2) is 54.5 Å². The minimum Gasteiger partial charge on any atom is -0.207 e. The van der Waals surface area contributed by atoms with Gasteiger partial charge in [0.15, 0.2) is 0 Å². The van der Waals surface area contributed by atoms with E-state index in [1.165, 1.54) is 30.4 Å². The molecule has 0 saturated heterocycles. The maximum Gasteiger partial charge on any atom is 0.246 e. The summed E-state index contributed by atoms with van der Waals surface area (Å²) in [5.41, 5.74) is 0. The lowest BCUT2D eigenvalue weighted by Crippen LogP contribution is -2.32. The van der Waals surface area contributed by atoms with E-state index < -0.39 is 15.8 Å². The third kappa shape index (κ3) is 3.01. The maximum absolute atomic E-state index is 13.5. The van der Waals surface area contributed by atoms with E-state index in [1.54, 1.807) is 0 Å². The van der Waals surface area contributed by atoms with Gasteiger partial charge >= 0.3 is 0 Å². The monoisotopic (exact) mass is 255 g/mol. The molecule has 0 heterocycles. The van der Waals surface area contributed by atoms with Crippen molar-refractivity contribution in [3.05, 3.63) is 55.4 Å². The van der Waals surface area contributed by atoms with E-state index in [4.69, 9.17) is 0 Å². The molecule has 0 saturated carbocycles. The molecule has 0 aromatic heterocycles. The second-order valence-electron chi connectivity index (χ2n) is 3.33. The van der Waals surface area contributed by atoms with Gasteiger partial charge in [0, 0.05) is 13.1 Å². The van der Waals surface area contributed by atoms with Crippen LogP contribution in [0.4, 0.5) is 4.39 Å². The van der Waals surface area contributed by atoms with Crippen LogP contribution < -0.4 is 0 Å². The molecule has 0 N–H and O–H groups in total. The molecule has 0 aliphatic carbocycles. The van der Waals surface area contributed by atoms with Crippen molar-refractivity contribution in [2.45, 2.75) is 4.90 Å². The summed E-state index contributed by atoms with van der Waals surface area (Å²) in [5.74, 6) is -0.759. The van der Waals surface area contributed by atoms with Crippen molar-refractivity contribution in [2.24, 2.45) is 0 Å². The number of nitrogens with zero attached hydrogens (tertiary/aromatic N) is 1. The van der Waals surface area contributed by atoms with Crippen molar-refractivity contribution >= 4 is 10.0 Å². The van der Waals surface area contributed by atoms with Crippen LogP contribution in [-0.2, 0) is 10.0 Å². The van der Waals surface area contributed by atoms with E-state index in [0.29, 0.717) is 0 Å². The van der Waals surface area contributed by atoms with Crippen LogP contribution in [0, 0.1) is 5.82 Å². The number of hydrogen-bond donors (Lipinski definition) is 0. The second-order valence-corrected chi connectivity index (χ2v) is 5.24. The molecule has 3 nitrogen and oxygen atoms in total. The Morgan fingerprint density at radius 2 is 1.71 bits per heavy atom. The average Bonchev–Trinajstić information content (AvgIpc) is 2.29. The van der Waals surface area contributed by atoms with Gasteiger partial charge < -0.3 is 0 Å². The number of sulfonamides is 1. The standard InChI is InChI=1S/C12H14FNO2S/c1-3-9-14(10-4-2)17(15,16)12-8-6-5-7-11(12)13/h3-8H,1-2,9-10H2. The molecule has 0 aliphatic heterocycles. The van der Waals surface area contributed by atoms with E-state index in [0.717, 1.165) is 10.4 Å². The molecule has 0 bridgehead atoms. The SMILES string of the molecule is C=CCN(CC=C)S(=O)(=O)c1ccccc1F. The zero-order valence-electron chi connectivity index (χ0n) is 9.34. The molecule has 0 radical (unpaired) electrons. The highest BCUT2D eigenvalue weighted by molar-refractivity contribution is 7.89. The van der Waals surface area contributed by atoms with E-state index in [1.807, 2.05) is 0 Å². The van der Waals surface area contributed by atoms with Crippen molar-refractivity contribution in [2.75, 3.05) is 13.1 Å². The van der Waals surface area contributed by atoms with Crippen molar-refractivity contribution in [3.63, 3.8) is 0 Å². The van der Waals surface area contributed by atoms with E-state index in [-0.39, 0.29) is 18.0 Å². The molecule has 1 aromatic carbocycles. The fourth-order valence-corrected chi connectivity index (χ4v) is 2.80. The Labute approximate surface area is 101 Å². The highest BCUT2D eigenvalue weighted by atomic mass is 32.2. The van der Waals surface area contributed by atoms with Gasteiger partial charge in [-0.3, -0.25) is 0 Å². The molecular weight excluding hydrogens is 241 g/mol. The minimum atomic E-state index is -3.84. The summed E-state index contributed by atoms with van der Waals surface area (Å²) in [6.45, 7) is 7.18.